The lowest BCUT2D eigenvalue weighted by Gasteiger charge is -2.28. The summed E-state index contributed by atoms with van der Waals surface area (Å²) in [5.41, 5.74) is 4.71. The smallest absolute Gasteiger partial charge is 0.255 e. The molecule has 4 rings (SSSR count). The van der Waals surface area contributed by atoms with E-state index in [-0.39, 0.29) is 11.8 Å². The second-order valence-electron chi connectivity index (χ2n) is 7.93. The van der Waals surface area contributed by atoms with Crippen molar-refractivity contribution in [3.8, 4) is 5.69 Å². The predicted octanol–water partition coefficient (Wildman–Crippen LogP) is 5.13. The summed E-state index contributed by atoms with van der Waals surface area (Å²) in [4.78, 5) is 15.4. The fraction of sp³-hybridized carbons (Fsp3) is 0.333. The molecule has 2 heterocycles. The highest BCUT2D eigenvalue weighted by atomic mass is 35.5. The van der Waals surface area contributed by atoms with Gasteiger partial charge in [0.25, 0.3) is 5.91 Å². The molecule has 5 nitrogen and oxygen atoms in total. The normalized spacial score (nSPS) is 14.1. The Morgan fingerprint density at radius 1 is 1.06 bits per heavy atom. The Labute approximate surface area is 192 Å². The van der Waals surface area contributed by atoms with Crippen molar-refractivity contribution in [1.82, 2.24) is 15.1 Å². The van der Waals surface area contributed by atoms with E-state index in [1.54, 1.807) is 6.20 Å². The van der Waals surface area contributed by atoms with Crippen LogP contribution in [0.3, 0.4) is 0 Å². The number of nitrogens with one attached hydrogen (secondary N) is 1. The molecule has 0 saturated carbocycles. The van der Waals surface area contributed by atoms with E-state index < -0.39 is 0 Å². The first-order valence-electron chi connectivity index (χ1n) is 10.6. The maximum absolute atomic E-state index is 13.0. The lowest BCUT2D eigenvalue weighted by atomic mass is 10.0. The van der Waals surface area contributed by atoms with Gasteiger partial charge in [-0.1, -0.05) is 37.6 Å². The Bertz CT molecular complexity index is 1020. The highest BCUT2D eigenvalue weighted by molar-refractivity contribution is 7.99. The van der Waals surface area contributed by atoms with Crippen LogP contribution in [0.5, 0.6) is 0 Å². The third-order valence-corrected chi connectivity index (χ3v) is 6.63. The number of halogens is 1. The molecular weight excluding hydrogens is 428 g/mol. The molecule has 1 amide bonds. The first-order chi connectivity index (χ1) is 15.0. The molecule has 1 aliphatic rings. The molecule has 1 aliphatic heterocycles. The number of hydrogen-bond donors (Lipinski definition) is 1. The third-order valence-electron chi connectivity index (χ3n) is 5.43. The number of carbonyl (C=O) groups excluding carboxylic acids is 1. The molecule has 1 fully saturated rings. The highest BCUT2D eigenvalue weighted by Crippen LogP contribution is 2.24. The van der Waals surface area contributed by atoms with E-state index >= 15 is 0 Å². The van der Waals surface area contributed by atoms with Gasteiger partial charge in [-0.05, 0) is 47.9 Å². The number of anilines is 1. The maximum Gasteiger partial charge on any atom is 0.255 e. The number of hydrogen-bond acceptors (Lipinski definition) is 4. The van der Waals surface area contributed by atoms with Gasteiger partial charge in [-0.25, -0.2) is 4.68 Å². The molecule has 0 radical (unpaired) electrons. The topological polar surface area (TPSA) is 50.2 Å². The fourth-order valence-electron chi connectivity index (χ4n) is 3.80. The van der Waals surface area contributed by atoms with Crippen LogP contribution >= 0.6 is 23.4 Å². The van der Waals surface area contributed by atoms with Crippen molar-refractivity contribution in [2.24, 2.45) is 0 Å². The van der Waals surface area contributed by atoms with Gasteiger partial charge in [0.2, 0.25) is 0 Å². The zero-order chi connectivity index (χ0) is 21.8. The Balaban J connectivity index is 1.45. The molecular formula is C24H27ClN4OS. The van der Waals surface area contributed by atoms with E-state index in [9.17, 15) is 4.79 Å². The quantitative estimate of drug-likeness (QED) is 0.560. The van der Waals surface area contributed by atoms with E-state index in [2.05, 4.69) is 53.4 Å². The Morgan fingerprint density at radius 2 is 1.71 bits per heavy atom. The summed E-state index contributed by atoms with van der Waals surface area (Å²) >= 11 is 8.02. The van der Waals surface area contributed by atoms with Crippen LogP contribution in [-0.4, -0.2) is 40.3 Å². The number of carbonyl (C=O) groups is 1. The Kier molecular flexibility index (Phi) is 6.88. The van der Waals surface area contributed by atoms with Gasteiger partial charge in [-0.15, -0.1) is 0 Å². The Hall–Kier alpha value is -2.44. The number of amides is 1. The zero-order valence-electron chi connectivity index (χ0n) is 17.8. The predicted molar refractivity (Wildman–Crippen MR) is 130 cm³/mol. The second-order valence-corrected chi connectivity index (χ2v) is 9.60. The van der Waals surface area contributed by atoms with Crippen LogP contribution in [0.2, 0.25) is 5.02 Å². The summed E-state index contributed by atoms with van der Waals surface area (Å²) in [5, 5.41) is 8.21. The van der Waals surface area contributed by atoms with Crippen LogP contribution in [-0.2, 0) is 6.54 Å². The van der Waals surface area contributed by atoms with Crippen LogP contribution < -0.4 is 10.2 Å². The third kappa shape index (κ3) is 5.08. The second kappa shape index (κ2) is 9.79. The van der Waals surface area contributed by atoms with E-state index in [4.69, 9.17) is 11.6 Å². The molecule has 0 bridgehead atoms. The molecule has 0 spiro atoms. The largest absolute Gasteiger partial charge is 0.370 e. The Morgan fingerprint density at radius 3 is 2.35 bits per heavy atom. The lowest BCUT2D eigenvalue weighted by Crippen LogP contribution is -2.32. The summed E-state index contributed by atoms with van der Waals surface area (Å²) in [7, 11) is 0. The lowest BCUT2D eigenvalue weighted by molar-refractivity contribution is 0.0949. The summed E-state index contributed by atoms with van der Waals surface area (Å²) in [6.45, 7) is 6.81. The number of rotatable bonds is 6. The standard InChI is InChI=1S/C24H27ClN4OS/c1-17(2)23-22(16-27-29(23)21-9-5-19(25)6-10-21)24(30)26-15-18-3-7-20(8-4-18)28-11-13-31-14-12-28/h3-10,16-17H,11-15H2,1-2H3,(H,26,30). The van der Waals surface area contributed by atoms with Crippen molar-refractivity contribution < 1.29 is 4.79 Å². The maximum atomic E-state index is 13.0. The number of aromatic nitrogens is 2. The van der Waals surface area contributed by atoms with Crippen molar-refractivity contribution in [3.05, 3.63) is 76.6 Å². The summed E-state index contributed by atoms with van der Waals surface area (Å²) in [5.74, 6) is 2.39. The van der Waals surface area contributed by atoms with E-state index in [0.29, 0.717) is 17.1 Å². The average Bonchev–Trinajstić information content (AvgIpc) is 3.25. The van der Waals surface area contributed by atoms with E-state index in [0.717, 1.165) is 30.0 Å². The molecule has 2 aromatic carbocycles. The molecule has 0 unspecified atom stereocenters. The van der Waals surface area contributed by atoms with Gasteiger partial charge in [0, 0.05) is 41.8 Å². The molecule has 1 N–H and O–H groups in total. The van der Waals surface area contributed by atoms with Crippen molar-refractivity contribution in [2.75, 3.05) is 29.5 Å². The van der Waals surface area contributed by atoms with Crippen LogP contribution in [0.25, 0.3) is 5.69 Å². The molecule has 162 valence electrons. The first kappa shape index (κ1) is 21.8. The molecule has 1 saturated heterocycles. The summed E-state index contributed by atoms with van der Waals surface area (Å²) in [6, 6.07) is 16.0. The molecule has 0 atom stereocenters. The zero-order valence-corrected chi connectivity index (χ0v) is 19.4. The van der Waals surface area contributed by atoms with Crippen LogP contribution in [0.4, 0.5) is 5.69 Å². The number of benzene rings is 2. The van der Waals surface area contributed by atoms with Crippen LogP contribution in [0, 0.1) is 0 Å². The van der Waals surface area contributed by atoms with Crippen molar-refractivity contribution in [2.45, 2.75) is 26.3 Å². The van der Waals surface area contributed by atoms with Crippen molar-refractivity contribution >= 4 is 35.0 Å². The number of thioether (sulfide) groups is 1. The van der Waals surface area contributed by atoms with E-state index in [1.165, 1.54) is 17.2 Å². The minimum atomic E-state index is -0.110. The molecule has 7 heteroatoms. The van der Waals surface area contributed by atoms with Gasteiger partial charge in [0.05, 0.1) is 23.1 Å². The molecule has 3 aromatic rings. The van der Waals surface area contributed by atoms with Crippen LogP contribution in [0.15, 0.2) is 54.7 Å². The average molecular weight is 455 g/mol. The minimum Gasteiger partial charge on any atom is -0.370 e. The monoisotopic (exact) mass is 454 g/mol. The number of nitrogens with zero attached hydrogens (tertiary/aromatic N) is 3. The highest BCUT2D eigenvalue weighted by Gasteiger charge is 2.21. The van der Waals surface area contributed by atoms with Gasteiger partial charge in [-0.2, -0.15) is 16.9 Å². The molecule has 31 heavy (non-hydrogen) atoms. The summed E-state index contributed by atoms with van der Waals surface area (Å²) in [6.07, 6.45) is 1.65. The van der Waals surface area contributed by atoms with Gasteiger partial charge in [-0.3, -0.25) is 4.79 Å². The van der Waals surface area contributed by atoms with Crippen molar-refractivity contribution in [3.63, 3.8) is 0 Å². The molecule has 0 aliphatic carbocycles. The SMILES string of the molecule is CC(C)c1c(C(=O)NCc2ccc(N3CCSCC3)cc2)cnn1-c1ccc(Cl)cc1. The van der Waals surface area contributed by atoms with E-state index in [1.807, 2.05) is 40.7 Å². The molecule has 1 aromatic heterocycles. The van der Waals surface area contributed by atoms with Gasteiger partial charge in [0.1, 0.15) is 0 Å². The first-order valence-corrected chi connectivity index (χ1v) is 12.1. The van der Waals surface area contributed by atoms with Gasteiger partial charge in [0.15, 0.2) is 0 Å². The fourth-order valence-corrected chi connectivity index (χ4v) is 4.83. The van der Waals surface area contributed by atoms with Gasteiger partial charge >= 0.3 is 0 Å². The van der Waals surface area contributed by atoms with Crippen LogP contribution in [0.1, 0.15) is 41.4 Å². The van der Waals surface area contributed by atoms with Gasteiger partial charge < -0.3 is 10.2 Å². The van der Waals surface area contributed by atoms with Crippen molar-refractivity contribution in [1.29, 1.82) is 0 Å². The summed E-state index contributed by atoms with van der Waals surface area (Å²) < 4.78 is 1.82. The minimum absolute atomic E-state index is 0.110.